The molecule has 1 N–H and O–H groups in total. The van der Waals surface area contributed by atoms with Gasteiger partial charge in [-0.2, -0.15) is 83.4 Å². The number of amides is 1. The second-order valence-electron chi connectivity index (χ2n) is 11.1. The normalized spacial score (nSPS) is 14.7. The SMILES string of the molecule is C=C(C)C(=O)OCC(COC(=O)C(F)(F)OC(F)(F)C(F)(F)OC(F)(F)C(F)(F)OC(F)(F)C(F)(F)C(F)(F)C(F)(F)F)OC(=O)NCCC[Si](OCC)(OCC)OCC. The van der Waals surface area contributed by atoms with Gasteiger partial charge in [-0.05, 0) is 34.1 Å². The molecule has 13 nitrogen and oxygen atoms in total. The zero-order valence-electron chi connectivity index (χ0n) is 30.5. The van der Waals surface area contributed by atoms with Crippen molar-refractivity contribution in [3.63, 3.8) is 0 Å². The number of ether oxygens (including phenoxy) is 6. The van der Waals surface area contributed by atoms with E-state index in [4.69, 9.17) is 18.0 Å². The van der Waals surface area contributed by atoms with Gasteiger partial charge in [0.05, 0.1) is 0 Å². The van der Waals surface area contributed by atoms with E-state index in [0.29, 0.717) is 0 Å². The Morgan fingerprint density at radius 3 is 1.40 bits per heavy atom. The Hall–Kier alpha value is -3.40. The van der Waals surface area contributed by atoms with Crippen LogP contribution in [0.25, 0.3) is 0 Å². The third-order valence-corrected chi connectivity index (χ3v) is 9.40. The molecule has 0 spiro atoms. The van der Waals surface area contributed by atoms with E-state index < -0.39 is 101 Å². The lowest BCUT2D eigenvalue weighted by Gasteiger charge is -2.37. The van der Waals surface area contributed by atoms with E-state index in [0.717, 1.165) is 6.92 Å². The summed E-state index contributed by atoms with van der Waals surface area (Å²) in [5, 5.41) is 2.10. The molecule has 1 amide bonds. The first-order valence-electron chi connectivity index (χ1n) is 15.8. The van der Waals surface area contributed by atoms with E-state index in [1.54, 1.807) is 20.8 Å². The van der Waals surface area contributed by atoms with E-state index in [1.807, 2.05) is 0 Å². The highest BCUT2D eigenvalue weighted by Gasteiger charge is 2.85. The number of carbonyl (C=O) groups is 3. The highest BCUT2D eigenvalue weighted by atomic mass is 28.4. The Bertz CT molecular complexity index is 1440. The van der Waals surface area contributed by atoms with E-state index in [2.05, 4.69) is 26.1 Å². The van der Waals surface area contributed by atoms with Crippen molar-refractivity contribution >= 4 is 26.8 Å². The molecule has 354 valence electrons. The highest BCUT2D eigenvalue weighted by molar-refractivity contribution is 6.60. The predicted molar refractivity (Wildman–Crippen MR) is 154 cm³/mol. The summed E-state index contributed by atoms with van der Waals surface area (Å²) in [5.41, 5.74) is -0.351. The molecule has 0 saturated carbocycles. The van der Waals surface area contributed by atoms with E-state index >= 15 is 0 Å². The second-order valence-corrected chi connectivity index (χ2v) is 13.8. The molecule has 0 aliphatic heterocycles. The summed E-state index contributed by atoms with van der Waals surface area (Å²) >= 11 is 0. The Morgan fingerprint density at radius 1 is 0.600 bits per heavy atom. The van der Waals surface area contributed by atoms with Crippen molar-refractivity contribution in [2.45, 2.75) is 101 Å². The molecule has 1 atom stereocenters. The van der Waals surface area contributed by atoms with Crippen LogP contribution < -0.4 is 5.32 Å². The molecule has 0 heterocycles. The van der Waals surface area contributed by atoms with Gasteiger partial charge in [0.15, 0.2) is 6.10 Å². The fourth-order valence-electron chi connectivity index (χ4n) is 3.54. The molecule has 0 aliphatic rings. The molecular formula is C27H32F19NO12Si. The Morgan fingerprint density at radius 2 is 1.00 bits per heavy atom. The van der Waals surface area contributed by atoms with Crippen LogP contribution in [-0.4, -0.2) is 127 Å². The maximum absolute atomic E-state index is 14.2. The van der Waals surface area contributed by atoms with Gasteiger partial charge in [0.1, 0.15) is 13.2 Å². The predicted octanol–water partition coefficient (Wildman–Crippen LogP) is 7.62. The summed E-state index contributed by atoms with van der Waals surface area (Å²) in [6.07, 6.45) is -57.5. The molecule has 0 fully saturated rings. The molecule has 33 heteroatoms. The lowest BCUT2D eigenvalue weighted by molar-refractivity contribution is -0.567. The van der Waals surface area contributed by atoms with Crippen LogP contribution in [0.1, 0.15) is 34.1 Å². The first-order valence-corrected chi connectivity index (χ1v) is 17.8. The Kier molecular flexibility index (Phi) is 19.5. The number of nitrogens with one attached hydrogen (secondary N) is 1. The molecule has 60 heavy (non-hydrogen) atoms. The number of rotatable bonds is 27. The van der Waals surface area contributed by atoms with Crippen molar-refractivity contribution in [1.29, 1.82) is 0 Å². The van der Waals surface area contributed by atoms with Gasteiger partial charge in [-0.1, -0.05) is 6.58 Å². The van der Waals surface area contributed by atoms with Crippen LogP contribution in [0.3, 0.4) is 0 Å². The third kappa shape index (κ3) is 14.6. The average Bonchev–Trinajstić information content (AvgIpc) is 3.05. The zero-order chi connectivity index (χ0) is 47.6. The van der Waals surface area contributed by atoms with Crippen LogP contribution in [0.4, 0.5) is 88.2 Å². The van der Waals surface area contributed by atoms with E-state index in [9.17, 15) is 97.8 Å². The topological polar surface area (TPSA) is 146 Å². The highest BCUT2D eigenvalue weighted by Crippen LogP contribution is 2.56. The molecule has 0 rings (SSSR count). The van der Waals surface area contributed by atoms with Crippen LogP contribution in [-0.2, 0) is 51.3 Å². The summed E-state index contributed by atoms with van der Waals surface area (Å²) in [5.74, 6) is -21.2. The van der Waals surface area contributed by atoms with Crippen molar-refractivity contribution in [2.75, 3.05) is 39.6 Å². The molecule has 0 saturated heterocycles. The van der Waals surface area contributed by atoms with Gasteiger partial charge < -0.3 is 32.8 Å². The minimum Gasteiger partial charge on any atom is -0.458 e. The molecule has 0 bridgehead atoms. The summed E-state index contributed by atoms with van der Waals surface area (Å²) < 4.78 is 288. The first kappa shape index (κ1) is 56.6. The number of alkyl carbamates (subject to hydrolysis) is 1. The monoisotopic (exact) mass is 951 g/mol. The van der Waals surface area contributed by atoms with E-state index in [1.165, 1.54) is 9.47 Å². The van der Waals surface area contributed by atoms with Crippen molar-refractivity contribution in [1.82, 2.24) is 5.32 Å². The standard InChI is InChI=1S/C27H32F19NO12Si/c1-6-53-60(54-7-2,55-8-3)11-9-10-47-18(50)56-15(12-51-16(48)14(4)5)13-52-17(49)19(28,29)57-24(39,40)25(41,42)59-27(45,46)26(43,44)58-23(37,38)21(32,33)20(30,31)22(34,35)36/h15H,4,6-13H2,1-3,5H3,(H,47,50). The lowest BCUT2D eigenvalue weighted by Crippen LogP contribution is -2.65. The quantitative estimate of drug-likeness (QED) is 0.0216. The van der Waals surface area contributed by atoms with Gasteiger partial charge in [0.25, 0.3) is 0 Å². The molecule has 0 aromatic heterocycles. The summed E-state index contributed by atoms with van der Waals surface area (Å²) in [7, 11) is -3.24. The minimum absolute atomic E-state index is 0.0532. The van der Waals surface area contributed by atoms with Crippen LogP contribution >= 0.6 is 0 Å². The van der Waals surface area contributed by atoms with Crippen molar-refractivity contribution < 1.29 is 140 Å². The van der Waals surface area contributed by atoms with E-state index in [-0.39, 0.29) is 44.4 Å². The summed E-state index contributed by atoms with van der Waals surface area (Å²) in [6.45, 7) is 6.26. The number of carbonyl (C=O) groups excluding carboxylic acids is 3. The molecule has 0 aliphatic carbocycles. The largest absolute Gasteiger partial charge is 0.500 e. The van der Waals surface area contributed by atoms with Crippen molar-refractivity contribution in [3.8, 4) is 0 Å². The third-order valence-electron chi connectivity index (χ3n) is 6.24. The smallest absolute Gasteiger partial charge is 0.458 e. The molecular weight excluding hydrogens is 919 g/mol. The Labute approximate surface area is 324 Å². The van der Waals surface area contributed by atoms with Gasteiger partial charge in [-0.15, -0.1) is 0 Å². The van der Waals surface area contributed by atoms with Crippen molar-refractivity contribution in [2.24, 2.45) is 0 Å². The lowest BCUT2D eigenvalue weighted by atomic mass is 10.1. The summed E-state index contributed by atoms with van der Waals surface area (Å²) in [6, 6.07) is 0.0967. The van der Waals surface area contributed by atoms with Gasteiger partial charge in [0, 0.05) is 38.0 Å². The number of esters is 2. The van der Waals surface area contributed by atoms with Crippen LogP contribution in [0.5, 0.6) is 0 Å². The number of hydrogen-bond donors (Lipinski definition) is 1. The fraction of sp³-hybridized carbons (Fsp3) is 0.815. The number of alkyl halides is 19. The zero-order valence-corrected chi connectivity index (χ0v) is 31.5. The van der Waals surface area contributed by atoms with Gasteiger partial charge in [0.2, 0.25) is 0 Å². The van der Waals surface area contributed by atoms with Crippen molar-refractivity contribution in [3.05, 3.63) is 12.2 Å². The van der Waals surface area contributed by atoms with Crippen LogP contribution in [0.2, 0.25) is 6.04 Å². The molecule has 0 radical (unpaired) electrons. The number of halogens is 19. The fourth-order valence-corrected chi connectivity index (χ4v) is 6.15. The van der Waals surface area contributed by atoms with Gasteiger partial charge in [-0.25, -0.2) is 28.6 Å². The van der Waals surface area contributed by atoms with Crippen LogP contribution in [0.15, 0.2) is 12.2 Å². The second kappa shape index (κ2) is 20.6. The van der Waals surface area contributed by atoms with Gasteiger partial charge in [-0.3, -0.25) is 0 Å². The Balaban J connectivity index is 5.99. The van der Waals surface area contributed by atoms with Crippen LogP contribution in [0, 0.1) is 0 Å². The number of hydrogen-bond acceptors (Lipinski definition) is 12. The maximum Gasteiger partial charge on any atom is 0.500 e. The summed E-state index contributed by atoms with van der Waals surface area (Å²) in [4.78, 5) is 35.8. The van der Waals surface area contributed by atoms with Gasteiger partial charge >= 0.3 is 81.5 Å². The maximum atomic E-state index is 14.2. The average molecular weight is 952 g/mol. The molecule has 0 aromatic carbocycles. The first-order chi connectivity index (χ1) is 26.8. The molecule has 1 unspecified atom stereocenters. The molecule has 0 aromatic rings. The minimum atomic E-state index is -8.29.